The van der Waals surface area contributed by atoms with Crippen LogP contribution in [-0.4, -0.2) is 9.97 Å². The summed E-state index contributed by atoms with van der Waals surface area (Å²) in [7, 11) is 0. The van der Waals surface area contributed by atoms with Gasteiger partial charge in [0.2, 0.25) is 5.82 Å². The Morgan fingerprint density at radius 3 is 2.56 bits per heavy atom. The first-order valence-corrected chi connectivity index (χ1v) is 5.29. The van der Waals surface area contributed by atoms with Crippen molar-refractivity contribution >= 4 is 0 Å². The lowest BCUT2D eigenvalue weighted by atomic mass is 10.1. The van der Waals surface area contributed by atoms with E-state index in [0.717, 1.165) is 6.42 Å². The van der Waals surface area contributed by atoms with Crippen molar-refractivity contribution in [3.05, 3.63) is 23.8 Å². The Morgan fingerprint density at radius 1 is 1.38 bits per heavy atom. The molecule has 1 saturated carbocycles. The summed E-state index contributed by atoms with van der Waals surface area (Å²) in [5, 5.41) is 0. The molecule has 0 amide bonds. The second kappa shape index (κ2) is 3.71. The molecule has 1 aromatic rings. The summed E-state index contributed by atoms with van der Waals surface area (Å²) in [4.78, 5) is 6.86. The summed E-state index contributed by atoms with van der Waals surface area (Å²) in [6.07, 6.45) is -2.31. The van der Waals surface area contributed by atoms with Crippen molar-refractivity contribution in [2.45, 2.75) is 32.4 Å². The second-order valence-corrected chi connectivity index (χ2v) is 4.55. The summed E-state index contributed by atoms with van der Waals surface area (Å²) < 4.78 is 37.1. The van der Waals surface area contributed by atoms with E-state index in [2.05, 4.69) is 23.8 Å². The molecule has 1 aromatic heterocycles. The molecule has 0 saturated heterocycles. The van der Waals surface area contributed by atoms with Gasteiger partial charge in [-0.3, -0.25) is 0 Å². The van der Waals surface area contributed by atoms with Gasteiger partial charge in [-0.25, -0.2) is 9.97 Å². The Morgan fingerprint density at radius 2 is 2.06 bits per heavy atom. The van der Waals surface area contributed by atoms with Crippen LogP contribution in [0, 0.1) is 11.8 Å². The minimum atomic E-state index is -4.45. The molecule has 88 valence electrons. The average Bonchev–Trinajstić information content (AvgIpc) is 2.96. The predicted molar refractivity (Wildman–Crippen MR) is 52.7 cm³/mol. The summed E-state index contributed by atoms with van der Waals surface area (Å²) >= 11 is 0. The van der Waals surface area contributed by atoms with E-state index in [1.54, 1.807) is 6.07 Å². The van der Waals surface area contributed by atoms with Crippen LogP contribution in [0.4, 0.5) is 13.2 Å². The molecule has 1 aliphatic rings. The van der Waals surface area contributed by atoms with Gasteiger partial charge in [0.05, 0.1) is 0 Å². The molecule has 2 rings (SSSR count). The largest absolute Gasteiger partial charge is 0.451 e. The molecule has 0 aromatic carbocycles. The zero-order valence-corrected chi connectivity index (χ0v) is 9.12. The van der Waals surface area contributed by atoms with E-state index < -0.39 is 12.0 Å². The van der Waals surface area contributed by atoms with Gasteiger partial charge in [-0.2, -0.15) is 13.2 Å². The molecule has 5 heteroatoms. The summed E-state index contributed by atoms with van der Waals surface area (Å²) in [6, 6.07) is 1.59. The van der Waals surface area contributed by atoms with Crippen LogP contribution in [0.5, 0.6) is 0 Å². The van der Waals surface area contributed by atoms with Crippen LogP contribution in [0.2, 0.25) is 0 Å². The fraction of sp³-hybridized carbons (Fsp3) is 0.636. The molecule has 0 aliphatic heterocycles. The van der Waals surface area contributed by atoms with E-state index in [0.29, 0.717) is 17.5 Å². The predicted octanol–water partition coefficient (Wildman–Crippen LogP) is 3.25. The Balaban J connectivity index is 2.19. The third-order valence-electron chi connectivity index (χ3n) is 3.01. The van der Waals surface area contributed by atoms with Crippen molar-refractivity contribution in [3.63, 3.8) is 0 Å². The first-order chi connectivity index (χ1) is 7.39. The van der Waals surface area contributed by atoms with Crippen molar-refractivity contribution < 1.29 is 13.2 Å². The standard InChI is InChI=1S/C11H13F3N2/c1-6(2)7-5-8(7)9-3-4-15-10(16-9)11(12,13)14/h3-4,6-8H,5H2,1-2H3/t7-,8+/m1/s1. The van der Waals surface area contributed by atoms with Gasteiger partial charge in [0, 0.05) is 17.8 Å². The lowest BCUT2D eigenvalue weighted by Gasteiger charge is -2.07. The number of rotatable bonds is 2. The molecule has 2 nitrogen and oxygen atoms in total. The van der Waals surface area contributed by atoms with Crippen LogP contribution < -0.4 is 0 Å². The first-order valence-electron chi connectivity index (χ1n) is 5.29. The number of nitrogens with zero attached hydrogens (tertiary/aromatic N) is 2. The van der Waals surface area contributed by atoms with E-state index >= 15 is 0 Å². The monoisotopic (exact) mass is 230 g/mol. The van der Waals surface area contributed by atoms with Gasteiger partial charge in [-0.1, -0.05) is 13.8 Å². The summed E-state index contributed by atoms with van der Waals surface area (Å²) in [5.74, 6) is 0.119. The molecule has 0 N–H and O–H groups in total. The van der Waals surface area contributed by atoms with Crippen LogP contribution in [0.1, 0.15) is 37.7 Å². The van der Waals surface area contributed by atoms with Crippen LogP contribution in [0.25, 0.3) is 0 Å². The van der Waals surface area contributed by atoms with Crippen LogP contribution in [-0.2, 0) is 6.18 Å². The Kier molecular flexibility index (Phi) is 2.64. The zero-order valence-electron chi connectivity index (χ0n) is 9.12. The SMILES string of the molecule is CC(C)[C@H]1C[C@@H]1c1ccnc(C(F)(F)F)n1. The van der Waals surface area contributed by atoms with Gasteiger partial charge in [0.25, 0.3) is 0 Å². The van der Waals surface area contributed by atoms with Crippen molar-refractivity contribution in [1.82, 2.24) is 9.97 Å². The third-order valence-corrected chi connectivity index (χ3v) is 3.01. The van der Waals surface area contributed by atoms with Gasteiger partial charge < -0.3 is 0 Å². The molecule has 1 aliphatic carbocycles. The molecule has 0 unspecified atom stereocenters. The zero-order chi connectivity index (χ0) is 11.9. The van der Waals surface area contributed by atoms with E-state index in [1.165, 1.54) is 6.20 Å². The number of alkyl halides is 3. The van der Waals surface area contributed by atoms with Gasteiger partial charge >= 0.3 is 6.18 Å². The fourth-order valence-corrected chi connectivity index (χ4v) is 2.01. The molecule has 1 heterocycles. The molecule has 1 fully saturated rings. The number of hydrogen-bond acceptors (Lipinski definition) is 2. The maximum atomic E-state index is 12.4. The highest BCUT2D eigenvalue weighted by Gasteiger charge is 2.43. The van der Waals surface area contributed by atoms with Crippen molar-refractivity contribution in [1.29, 1.82) is 0 Å². The van der Waals surface area contributed by atoms with E-state index in [-0.39, 0.29) is 5.92 Å². The third kappa shape index (κ3) is 2.18. The smallest absolute Gasteiger partial charge is 0.233 e. The Labute approximate surface area is 91.9 Å². The lowest BCUT2D eigenvalue weighted by Crippen LogP contribution is -2.12. The normalized spacial score (nSPS) is 24.9. The lowest BCUT2D eigenvalue weighted by molar-refractivity contribution is -0.145. The quantitative estimate of drug-likeness (QED) is 0.779. The fourth-order valence-electron chi connectivity index (χ4n) is 2.01. The topological polar surface area (TPSA) is 25.8 Å². The molecule has 0 spiro atoms. The van der Waals surface area contributed by atoms with Gasteiger partial charge in [-0.15, -0.1) is 0 Å². The molecular weight excluding hydrogens is 217 g/mol. The van der Waals surface area contributed by atoms with E-state index in [9.17, 15) is 13.2 Å². The van der Waals surface area contributed by atoms with E-state index in [4.69, 9.17) is 0 Å². The van der Waals surface area contributed by atoms with Crippen molar-refractivity contribution in [3.8, 4) is 0 Å². The highest BCUT2D eigenvalue weighted by atomic mass is 19.4. The van der Waals surface area contributed by atoms with E-state index in [1.807, 2.05) is 0 Å². The minimum Gasteiger partial charge on any atom is -0.233 e. The molecule has 16 heavy (non-hydrogen) atoms. The number of halogens is 3. The average molecular weight is 230 g/mol. The van der Waals surface area contributed by atoms with Gasteiger partial charge in [0.15, 0.2) is 0 Å². The van der Waals surface area contributed by atoms with Crippen LogP contribution in [0.15, 0.2) is 12.3 Å². The Bertz CT molecular complexity index is 387. The maximum Gasteiger partial charge on any atom is 0.451 e. The minimum absolute atomic E-state index is 0.184. The summed E-state index contributed by atoms with van der Waals surface area (Å²) in [6.45, 7) is 4.16. The molecule has 0 bridgehead atoms. The van der Waals surface area contributed by atoms with Crippen molar-refractivity contribution in [2.75, 3.05) is 0 Å². The Hall–Kier alpha value is -1.13. The maximum absolute atomic E-state index is 12.4. The van der Waals surface area contributed by atoms with Crippen LogP contribution in [0.3, 0.4) is 0 Å². The summed E-state index contributed by atoms with van der Waals surface area (Å²) in [5.41, 5.74) is 0.529. The molecular formula is C11H13F3N2. The van der Waals surface area contributed by atoms with Crippen molar-refractivity contribution in [2.24, 2.45) is 11.8 Å². The van der Waals surface area contributed by atoms with Gasteiger partial charge in [0.1, 0.15) is 0 Å². The molecule has 0 radical (unpaired) electrons. The van der Waals surface area contributed by atoms with Crippen LogP contribution >= 0.6 is 0 Å². The number of aromatic nitrogens is 2. The second-order valence-electron chi connectivity index (χ2n) is 4.55. The first kappa shape index (κ1) is 11.4. The van der Waals surface area contributed by atoms with Gasteiger partial charge in [-0.05, 0) is 24.3 Å². The highest BCUT2D eigenvalue weighted by Crippen LogP contribution is 2.51. The number of hydrogen-bond donors (Lipinski definition) is 0. The molecule has 2 atom stereocenters. The highest BCUT2D eigenvalue weighted by molar-refractivity contribution is 5.18.